The number of hydrogen-bond acceptors (Lipinski definition) is 7. The van der Waals surface area contributed by atoms with Crippen molar-refractivity contribution in [2.24, 2.45) is 11.3 Å². The second kappa shape index (κ2) is 9.67. The number of anilines is 1. The van der Waals surface area contributed by atoms with Gasteiger partial charge in [-0.1, -0.05) is 62.9 Å². The van der Waals surface area contributed by atoms with Crippen molar-refractivity contribution >= 4 is 34.9 Å². The summed E-state index contributed by atoms with van der Waals surface area (Å²) in [6.45, 7) is 6.16. The van der Waals surface area contributed by atoms with Crippen LogP contribution in [0.25, 0.3) is 11.3 Å². The van der Waals surface area contributed by atoms with Crippen LogP contribution in [-0.4, -0.2) is 27.6 Å². The topological polar surface area (TPSA) is 111 Å². The maximum Gasteiger partial charge on any atom is 0.307 e. The molecular formula is C23H25N5O2S. The highest BCUT2D eigenvalue weighted by molar-refractivity contribution is 8.06. The van der Waals surface area contributed by atoms with Gasteiger partial charge in [0.15, 0.2) is 0 Å². The zero-order valence-electron chi connectivity index (χ0n) is 17.7. The third kappa shape index (κ3) is 5.64. The molecule has 1 aromatic carbocycles. The lowest BCUT2D eigenvalue weighted by atomic mass is 9.79. The molecule has 0 aliphatic carbocycles. The number of nitriles is 1. The molecule has 2 heterocycles. The van der Waals surface area contributed by atoms with Crippen LogP contribution in [0.15, 0.2) is 53.0 Å². The van der Waals surface area contributed by atoms with Crippen molar-refractivity contribution < 1.29 is 9.90 Å². The van der Waals surface area contributed by atoms with Crippen molar-refractivity contribution in [2.75, 3.05) is 11.9 Å². The Morgan fingerprint density at radius 3 is 2.68 bits per heavy atom. The first kappa shape index (κ1) is 22.4. The molecule has 0 spiro atoms. The fraction of sp³-hybridized carbons (Fsp3) is 0.304. The minimum atomic E-state index is -0.813. The average Bonchev–Trinajstić information content (AvgIpc) is 3.21. The number of rotatable bonds is 7. The van der Waals surface area contributed by atoms with Gasteiger partial charge in [-0.05, 0) is 23.5 Å². The zero-order chi connectivity index (χ0) is 22.4. The van der Waals surface area contributed by atoms with E-state index in [4.69, 9.17) is 0 Å². The Hall–Kier alpha value is -3.31. The van der Waals surface area contributed by atoms with Gasteiger partial charge in [0.1, 0.15) is 11.6 Å². The van der Waals surface area contributed by atoms with Crippen LogP contribution in [0, 0.1) is 22.7 Å². The van der Waals surface area contributed by atoms with E-state index >= 15 is 0 Å². The summed E-state index contributed by atoms with van der Waals surface area (Å²) in [7, 11) is 0. The number of nitrogens with zero attached hydrogens (tertiary/aromatic N) is 3. The van der Waals surface area contributed by atoms with Gasteiger partial charge in [-0.25, -0.2) is 9.97 Å². The largest absolute Gasteiger partial charge is 0.481 e. The summed E-state index contributed by atoms with van der Waals surface area (Å²) in [4.78, 5) is 20.2. The number of carboxylic acids is 1. The number of nitrogens with one attached hydrogen (secondary N) is 2. The standard InChI is InChI=1S/C23H25N5O2S/c1-23(2,3)17(21(29)30)9-11-25-22-26-12-10-18(28-22)16(13-24)20-27-19(14-31-20)15-7-5-4-6-8-15/h4-8,10,12,14,17,27H,9,11H2,1-3H3,(H,29,30)(H,25,26,28). The smallest absolute Gasteiger partial charge is 0.307 e. The van der Waals surface area contributed by atoms with Crippen molar-refractivity contribution in [1.82, 2.24) is 15.3 Å². The second-order valence-electron chi connectivity index (χ2n) is 8.19. The number of aromatic nitrogens is 2. The number of allylic oxidation sites excluding steroid dienone is 1. The lowest BCUT2D eigenvalue weighted by molar-refractivity contribution is -0.145. The molecule has 0 bridgehead atoms. The summed E-state index contributed by atoms with van der Waals surface area (Å²) in [6, 6.07) is 13.8. The molecule has 1 atom stereocenters. The molecule has 0 saturated carbocycles. The normalized spacial score (nSPS) is 16.0. The molecule has 1 aromatic heterocycles. The Morgan fingerprint density at radius 1 is 1.29 bits per heavy atom. The molecule has 7 nitrogen and oxygen atoms in total. The number of hydrogen-bond donors (Lipinski definition) is 3. The van der Waals surface area contributed by atoms with Crippen molar-refractivity contribution in [2.45, 2.75) is 27.2 Å². The highest BCUT2D eigenvalue weighted by Gasteiger charge is 2.30. The van der Waals surface area contributed by atoms with Crippen LogP contribution in [0.3, 0.4) is 0 Å². The van der Waals surface area contributed by atoms with E-state index in [-0.39, 0.29) is 5.41 Å². The Bertz CT molecular complexity index is 1050. The molecule has 0 fully saturated rings. The molecule has 3 rings (SSSR count). The van der Waals surface area contributed by atoms with E-state index in [9.17, 15) is 15.2 Å². The molecule has 0 radical (unpaired) electrons. The summed E-state index contributed by atoms with van der Waals surface area (Å²) in [5, 5.41) is 28.3. The summed E-state index contributed by atoms with van der Waals surface area (Å²) in [6.07, 6.45) is 2.03. The first-order valence-electron chi connectivity index (χ1n) is 9.93. The number of aliphatic carboxylic acids is 1. The van der Waals surface area contributed by atoms with Crippen LogP contribution in [0.5, 0.6) is 0 Å². The van der Waals surface area contributed by atoms with E-state index < -0.39 is 11.9 Å². The number of thioether (sulfide) groups is 1. The number of carboxylic acid groups (broad SMARTS) is 1. The monoisotopic (exact) mass is 435 g/mol. The summed E-state index contributed by atoms with van der Waals surface area (Å²) in [5.74, 6) is -0.934. The lowest BCUT2D eigenvalue weighted by Crippen LogP contribution is -2.30. The molecule has 1 aliphatic heterocycles. The predicted molar refractivity (Wildman–Crippen MR) is 123 cm³/mol. The Kier molecular flexibility index (Phi) is 6.98. The third-order valence-electron chi connectivity index (χ3n) is 4.94. The average molecular weight is 436 g/mol. The molecule has 1 aliphatic rings. The van der Waals surface area contributed by atoms with E-state index in [1.54, 1.807) is 12.3 Å². The first-order chi connectivity index (χ1) is 14.8. The maximum absolute atomic E-state index is 11.5. The van der Waals surface area contributed by atoms with Gasteiger partial charge in [0, 0.05) is 18.1 Å². The second-order valence-corrected chi connectivity index (χ2v) is 9.07. The van der Waals surface area contributed by atoms with Gasteiger partial charge >= 0.3 is 5.97 Å². The van der Waals surface area contributed by atoms with Crippen molar-refractivity contribution in [1.29, 1.82) is 5.26 Å². The minimum Gasteiger partial charge on any atom is -0.481 e. The molecule has 0 amide bonds. The quantitative estimate of drug-likeness (QED) is 0.543. The summed E-state index contributed by atoms with van der Waals surface area (Å²) in [5.41, 5.74) is 2.56. The number of carbonyl (C=O) groups is 1. The van der Waals surface area contributed by atoms with Gasteiger partial charge in [0.25, 0.3) is 0 Å². The highest BCUT2D eigenvalue weighted by Crippen LogP contribution is 2.34. The van der Waals surface area contributed by atoms with Crippen LogP contribution >= 0.6 is 11.8 Å². The lowest BCUT2D eigenvalue weighted by Gasteiger charge is -2.27. The molecule has 160 valence electrons. The van der Waals surface area contributed by atoms with Crippen LogP contribution in [-0.2, 0) is 4.79 Å². The van der Waals surface area contributed by atoms with E-state index in [0.29, 0.717) is 35.2 Å². The van der Waals surface area contributed by atoms with Gasteiger partial charge in [-0.2, -0.15) is 5.26 Å². The molecular weight excluding hydrogens is 410 g/mol. The highest BCUT2D eigenvalue weighted by atomic mass is 32.2. The zero-order valence-corrected chi connectivity index (χ0v) is 18.5. The van der Waals surface area contributed by atoms with Crippen molar-refractivity contribution in [3.8, 4) is 6.07 Å². The fourth-order valence-electron chi connectivity index (χ4n) is 3.24. The Balaban J connectivity index is 1.71. The Morgan fingerprint density at radius 2 is 2.03 bits per heavy atom. The van der Waals surface area contributed by atoms with Gasteiger partial charge in [0.2, 0.25) is 5.95 Å². The fourth-order valence-corrected chi connectivity index (χ4v) is 4.11. The van der Waals surface area contributed by atoms with Crippen LogP contribution < -0.4 is 10.6 Å². The van der Waals surface area contributed by atoms with E-state index in [0.717, 1.165) is 11.3 Å². The van der Waals surface area contributed by atoms with Crippen LogP contribution in [0.4, 0.5) is 5.95 Å². The molecule has 1 unspecified atom stereocenters. The van der Waals surface area contributed by atoms with Gasteiger partial charge in [-0.3, -0.25) is 4.79 Å². The van der Waals surface area contributed by atoms with Gasteiger partial charge in [-0.15, -0.1) is 0 Å². The van der Waals surface area contributed by atoms with Crippen LogP contribution in [0.2, 0.25) is 0 Å². The Labute approximate surface area is 186 Å². The third-order valence-corrected chi connectivity index (χ3v) is 5.83. The maximum atomic E-state index is 11.5. The van der Waals surface area contributed by atoms with E-state index in [2.05, 4.69) is 26.7 Å². The molecule has 31 heavy (non-hydrogen) atoms. The van der Waals surface area contributed by atoms with Crippen molar-refractivity contribution in [3.63, 3.8) is 0 Å². The molecule has 8 heteroatoms. The summed E-state index contributed by atoms with van der Waals surface area (Å²) < 4.78 is 0. The van der Waals surface area contributed by atoms with Crippen LogP contribution in [0.1, 0.15) is 38.4 Å². The predicted octanol–water partition coefficient (Wildman–Crippen LogP) is 4.55. The van der Waals surface area contributed by atoms with Gasteiger partial charge < -0.3 is 15.7 Å². The molecule has 2 aromatic rings. The first-order valence-corrected chi connectivity index (χ1v) is 10.8. The molecule has 0 saturated heterocycles. The SMILES string of the molecule is CC(C)(C)C(CCNc1nccc(C(C#N)=C2NC(c3ccccc3)=CS2)n1)C(=O)O. The minimum absolute atomic E-state index is 0.344. The number of benzene rings is 1. The summed E-state index contributed by atoms with van der Waals surface area (Å²) >= 11 is 1.44. The van der Waals surface area contributed by atoms with Gasteiger partial charge in [0.05, 0.1) is 22.3 Å². The molecule has 3 N–H and O–H groups in total. The van der Waals surface area contributed by atoms with E-state index in [1.165, 1.54) is 11.8 Å². The van der Waals surface area contributed by atoms with Crippen molar-refractivity contribution in [3.05, 3.63) is 64.3 Å². The van der Waals surface area contributed by atoms with E-state index in [1.807, 2.05) is 56.5 Å².